The molecular weight excluding hydrogens is 364 g/mol. The van der Waals surface area contributed by atoms with Crippen LogP contribution < -0.4 is 10.5 Å². The van der Waals surface area contributed by atoms with Crippen molar-refractivity contribution >= 4 is 37.3 Å². The number of aryl methyl sites for hydroxylation is 1. The first-order valence-corrected chi connectivity index (χ1v) is 8.99. The van der Waals surface area contributed by atoms with Gasteiger partial charge in [0.25, 0.3) is 0 Å². The number of sulfonamides is 1. The summed E-state index contributed by atoms with van der Waals surface area (Å²) in [5, 5.41) is 0. The van der Waals surface area contributed by atoms with Crippen LogP contribution in [0, 0.1) is 6.92 Å². The molecule has 2 aromatic heterocycles. The van der Waals surface area contributed by atoms with Crippen LogP contribution in [0.3, 0.4) is 0 Å². The molecule has 5 nitrogen and oxygen atoms in total. The number of furan rings is 1. The van der Waals surface area contributed by atoms with Gasteiger partial charge in [0.15, 0.2) is 0 Å². The Balaban J connectivity index is 2.24. The lowest BCUT2D eigenvalue weighted by Gasteiger charge is -2.11. The van der Waals surface area contributed by atoms with Crippen molar-refractivity contribution in [2.24, 2.45) is 5.73 Å². The molecule has 0 radical (unpaired) electrons. The number of hydrogen-bond acceptors (Lipinski definition) is 5. The Hall–Kier alpha value is -0.670. The normalized spacial score (nSPS) is 13.6. The lowest BCUT2D eigenvalue weighted by molar-refractivity contribution is 0.441. The summed E-state index contributed by atoms with van der Waals surface area (Å²) in [5.41, 5.74) is 5.53. The molecule has 0 amide bonds. The Labute approximate surface area is 130 Å². The molecule has 20 heavy (non-hydrogen) atoms. The SMILES string of the molecule is Cc1ccc(C(C)NS(=O)(=O)c2cc(CN)sc2Br)o1. The van der Waals surface area contributed by atoms with E-state index in [1.165, 1.54) is 11.3 Å². The molecule has 0 aliphatic carbocycles. The van der Waals surface area contributed by atoms with Gasteiger partial charge in [-0.25, -0.2) is 13.1 Å². The van der Waals surface area contributed by atoms with E-state index in [1.807, 2.05) is 6.92 Å². The summed E-state index contributed by atoms with van der Waals surface area (Å²) in [4.78, 5) is 1.01. The molecule has 0 spiro atoms. The highest BCUT2D eigenvalue weighted by molar-refractivity contribution is 9.11. The third kappa shape index (κ3) is 3.32. The predicted molar refractivity (Wildman–Crippen MR) is 82.1 cm³/mol. The number of rotatable bonds is 5. The third-order valence-corrected chi connectivity index (χ3v) is 6.53. The van der Waals surface area contributed by atoms with Crippen molar-refractivity contribution in [3.63, 3.8) is 0 Å². The zero-order chi connectivity index (χ0) is 14.9. The lowest BCUT2D eigenvalue weighted by atomic mass is 10.3. The number of hydrogen-bond donors (Lipinski definition) is 2. The minimum Gasteiger partial charge on any atom is -0.465 e. The van der Waals surface area contributed by atoms with Gasteiger partial charge in [-0.3, -0.25) is 0 Å². The Morgan fingerprint density at radius 3 is 2.70 bits per heavy atom. The lowest BCUT2D eigenvalue weighted by Crippen LogP contribution is -2.26. The van der Waals surface area contributed by atoms with Crippen molar-refractivity contribution in [1.29, 1.82) is 0 Å². The summed E-state index contributed by atoms with van der Waals surface area (Å²) in [5.74, 6) is 1.32. The molecule has 0 bridgehead atoms. The van der Waals surface area contributed by atoms with Gasteiger partial charge in [0.2, 0.25) is 10.0 Å². The number of thiophene rings is 1. The first-order chi connectivity index (χ1) is 9.33. The quantitative estimate of drug-likeness (QED) is 0.837. The maximum Gasteiger partial charge on any atom is 0.243 e. The third-order valence-electron chi connectivity index (χ3n) is 2.72. The highest BCUT2D eigenvalue weighted by Gasteiger charge is 2.24. The number of nitrogens with one attached hydrogen (secondary N) is 1. The fraction of sp³-hybridized carbons (Fsp3) is 0.333. The van der Waals surface area contributed by atoms with E-state index in [9.17, 15) is 8.42 Å². The Morgan fingerprint density at radius 2 is 2.20 bits per heavy atom. The smallest absolute Gasteiger partial charge is 0.243 e. The first-order valence-electron chi connectivity index (χ1n) is 5.90. The van der Waals surface area contributed by atoms with Crippen LogP contribution in [0.25, 0.3) is 0 Å². The van der Waals surface area contributed by atoms with E-state index in [0.29, 0.717) is 16.1 Å². The average Bonchev–Trinajstić information content (AvgIpc) is 2.95. The molecule has 2 rings (SSSR count). The van der Waals surface area contributed by atoms with E-state index in [-0.39, 0.29) is 4.90 Å². The van der Waals surface area contributed by atoms with E-state index >= 15 is 0 Å². The molecule has 1 unspecified atom stereocenters. The molecule has 3 N–H and O–H groups in total. The van der Waals surface area contributed by atoms with Gasteiger partial charge in [-0.05, 0) is 48.0 Å². The fourth-order valence-corrected chi connectivity index (χ4v) is 5.50. The summed E-state index contributed by atoms with van der Waals surface area (Å²) < 4.78 is 33.3. The van der Waals surface area contributed by atoms with Gasteiger partial charge < -0.3 is 10.2 Å². The van der Waals surface area contributed by atoms with Gasteiger partial charge in [0, 0.05) is 11.4 Å². The minimum absolute atomic E-state index is 0.207. The van der Waals surface area contributed by atoms with Crippen LogP contribution in [-0.4, -0.2) is 8.42 Å². The van der Waals surface area contributed by atoms with Crippen molar-refractivity contribution in [3.8, 4) is 0 Å². The Bertz CT molecular complexity index is 706. The van der Waals surface area contributed by atoms with E-state index in [0.717, 1.165) is 10.6 Å². The molecular formula is C12H15BrN2O3S2. The van der Waals surface area contributed by atoms with Gasteiger partial charge in [-0.15, -0.1) is 11.3 Å². The molecule has 0 fully saturated rings. The Morgan fingerprint density at radius 1 is 1.50 bits per heavy atom. The summed E-state index contributed by atoms with van der Waals surface area (Å²) in [6.07, 6.45) is 0. The zero-order valence-corrected chi connectivity index (χ0v) is 14.2. The van der Waals surface area contributed by atoms with Gasteiger partial charge >= 0.3 is 0 Å². The number of halogens is 1. The maximum atomic E-state index is 12.4. The molecule has 2 aromatic rings. The van der Waals surface area contributed by atoms with E-state index in [2.05, 4.69) is 20.7 Å². The van der Waals surface area contributed by atoms with Crippen molar-refractivity contribution < 1.29 is 12.8 Å². The molecule has 0 aliphatic heterocycles. The van der Waals surface area contributed by atoms with Crippen LogP contribution in [-0.2, 0) is 16.6 Å². The van der Waals surface area contributed by atoms with Crippen LogP contribution in [0.4, 0.5) is 0 Å². The van der Waals surface area contributed by atoms with Gasteiger partial charge in [-0.2, -0.15) is 0 Å². The van der Waals surface area contributed by atoms with Gasteiger partial charge in [0.1, 0.15) is 16.4 Å². The first kappa shape index (κ1) is 15.7. The second kappa shape index (κ2) is 5.98. The van der Waals surface area contributed by atoms with Crippen molar-refractivity contribution in [2.45, 2.75) is 31.3 Å². The standard InChI is InChI=1S/C12H15BrN2O3S2/c1-7-3-4-10(18-7)8(2)15-20(16,17)11-5-9(6-14)19-12(11)13/h3-5,8,15H,6,14H2,1-2H3. The van der Waals surface area contributed by atoms with Crippen molar-refractivity contribution in [2.75, 3.05) is 0 Å². The second-order valence-corrected chi connectivity index (χ2v) is 8.48. The summed E-state index contributed by atoms with van der Waals surface area (Å²) in [6.45, 7) is 3.86. The second-order valence-electron chi connectivity index (χ2n) is 4.35. The van der Waals surface area contributed by atoms with Crippen LogP contribution in [0.2, 0.25) is 0 Å². The van der Waals surface area contributed by atoms with Crippen LogP contribution in [0.1, 0.15) is 29.4 Å². The number of nitrogens with two attached hydrogens (primary N) is 1. The van der Waals surface area contributed by atoms with E-state index in [4.69, 9.17) is 10.2 Å². The molecule has 1 atom stereocenters. The highest BCUT2D eigenvalue weighted by atomic mass is 79.9. The maximum absolute atomic E-state index is 12.4. The molecule has 2 heterocycles. The minimum atomic E-state index is -3.62. The van der Waals surface area contributed by atoms with Crippen LogP contribution in [0.5, 0.6) is 0 Å². The molecule has 0 saturated carbocycles. The summed E-state index contributed by atoms with van der Waals surface area (Å²) in [7, 11) is -3.62. The van der Waals surface area contributed by atoms with Crippen LogP contribution in [0.15, 0.2) is 31.3 Å². The topological polar surface area (TPSA) is 85.3 Å². The van der Waals surface area contributed by atoms with Gasteiger partial charge in [-0.1, -0.05) is 0 Å². The average molecular weight is 379 g/mol. The summed E-state index contributed by atoms with van der Waals surface area (Å²) in [6, 6.07) is 4.70. The molecule has 0 aliphatic rings. The van der Waals surface area contributed by atoms with E-state index < -0.39 is 16.1 Å². The molecule has 110 valence electrons. The highest BCUT2D eigenvalue weighted by Crippen LogP contribution is 2.32. The van der Waals surface area contributed by atoms with Gasteiger partial charge in [0.05, 0.1) is 9.83 Å². The summed E-state index contributed by atoms with van der Waals surface area (Å²) >= 11 is 4.58. The zero-order valence-electron chi connectivity index (χ0n) is 11.0. The van der Waals surface area contributed by atoms with Crippen molar-refractivity contribution in [3.05, 3.63) is 38.4 Å². The monoisotopic (exact) mass is 378 g/mol. The predicted octanol–water partition coefficient (Wildman–Crippen LogP) is 2.91. The fourth-order valence-electron chi connectivity index (χ4n) is 1.72. The molecule has 8 heteroatoms. The van der Waals surface area contributed by atoms with Crippen molar-refractivity contribution in [1.82, 2.24) is 4.72 Å². The van der Waals surface area contributed by atoms with E-state index in [1.54, 1.807) is 25.1 Å². The largest absolute Gasteiger partial charge is 0.465 e. The molecule has 0 saturated heterocycles. The molecule has 0 aromatic carbocycles. The van der Waals surface area contributed by atoms with Crippen LogP contribution >= 0.6 is 27.3 Å². The Kier molecular flexibility index (Phi) is 4.70.